The summed E-state index contributed by atoms with van der Waals surface area (Å²) >= 11 is 0. The van der Waals surface area contributed by atoms with Gasteiger partial charge in [0.2, 0.25) is 5.75 Å². The van der Waals surface area contributed by atoms with Gasteiger partial charge in [0.05, 0.1) is 10.9 Å². The standard InChI is InChI=1S/C10H7F2NO3/c1-5(14)6-3-2-4-7-8(6)9(15-11)10(13-7)16-12/h2-4,13H,1H3. The SMILES string of the molecule is CC(=O)c1cccc2[nH]c(OF)c(OF)c12. The van der Waals surface area contributed by atoms with Crippen molar-refractivity contribution in [2.75, 3.05) is 0 Å². The van der Waals surface area contributed by atoms with Gasteiger partial charge in [-0.2, -0.15) is 0 Å². The molecule has 2 aromatic rings. The number of nitrogens with one attached hydrogen (secondary N) is 1. The summed E-state index contributed by atoms with van der Waals surface area (Å²) in [6.07, 6.45) is 0. The van der Waals surface area contributed by atoms with E-state index >= 15 is 0 Å². The fourth-order valence-electron chi connectivity index (χ4n) is 1.62. The molecule has 0 aliphatic carbocycles. The van der Waals surface area contributed by atoms with E-state index in [4.69, 9.17) is 0 Å². The molecule has 0 aliphatic heterocycles. The molecule has 1 aromatic heterocycles. The highest BCUT2D eigenvalue weighted by molar-refractivity contribution is 6.09. The molecular weight excluding hydrogens is 220 g/mol. The van der Waals surface area contributed by atoms with Crippen LogP contribution >= 0.6 is 0 Å². The molecule has 0 spiro atoms. The largest absolute Gasteiger partial charge is 0.319 e. The number of Topliss-reactive ketones (excluding diaryl/α,β-unsaturated/α-hetero) is 1. The van der Waals surface area contributed by atoms with Gasteiger partial charge in [-0.1, -0.05) is 12.1 Å². The van der Waals surface area contributed by atoms with Gasteiger partial charge in [0.25, 0.3) is 5.88 Å². The monoisotopic (exact) mass is 227 g/mol. The quantitative estimate of drug-likeness (QED) is 0.820. The fraction of sp³-hybridized carbons (Fsp3) is 0.100. The Labute approximate surface area is 88.6 Å². The first-order valence-corrected chi connectivity index (χ1v) is 4.41. The molecule has 0 atom stereocenters. The summed E-state index contributed by atoms with van der Waals surface area (Å²) < 4.78 is 24.4. The lowest BCUT2D eigenvalue weighted by Gasteiger charge is -1.98. The predicted molar refractivity (Wildman–Crippen MR) is 51.8 cm³/mol. The molecule has 0 fully saturated rings. The van der Waals surface area contributed by atoms with Crippen molar-refractivity contribution in [1.29, 1.82) is 0 Å². The Hall–Kier alpha value is -2.11. The van der Waals surface area contributed by atoms with Gasteiger partial charge in [0, 0.05) is 14.6 Å². The minimum atomic E-state index is -0.508. The predicted octanol–water partition coefficient (Wildman–Crippen LogP) is 2.90. The lowest BCUT2D eigenvalue weighted by atomic mass is 10.1. The number of benzene rings is 1. The third-order valence-electron chi connectivity index (χ3n) is 2.28. The zero-order valence-electron chi connectivity index (χ0n) is 8.21. The second-order valence-corrected chi connectivity index (χ2v) is 3.22. The lowest BCUT2D eigenvalue weighted by Crippen LogP contribution is -1.92. The zero-order valence-corrected chi connectivity index (χ0v) is 8.21. The molecule has 0 aliphatic rings. The van der Waals surface area contributed by atoms with Crippen LogP contribution in [0.15, 0.2) is 18.2 Å². The molecular formula is C10H7F2NO3. The maximum absolute atomic E-state index is 12.3. The van der Waals surface area contributed by atoms with Crippen LogP contribution in [-0.4, -0.2) is 10.8 Å². The van der Waals surface area contributed by atoms with Gasteiger partial charge >= 0.3 is 0 Å². The van der Waals surface area contributed by atoms with Crippen LogP contribution in [0.2, 0.25) is 0 Å². The molecule has 0 saturated heterocycles. The molecule has 6 heteroatoms. The molecule has 0 unspecified atom stereocenters. The van der Waals surface area contributed by atoms with Crippen LogP contribution in [-0.2, 0) is 0 Å². The van der Waals surface area contributed by atoms with E-state index in [0.29, 0.717) is 5.52 Å². The molecule has 4 nitrogen and oxygen atoms in total. The van der Waals surface area contributed by atoms with Crippen LogP contribution in [0, 0.1) is 0 Å². The fourth-order valence-corrected chi connectivity index (χ4v) is 1.62. The van der Waals surface area contributed by atoms with E-state index in [9.17, 15) is 13.8 Å². The van der Waals surface area contributed by atoms with Gasteiger partial charge in [0.15, 0.2) is 5.78 Å². The lowest BCUT2D eigenvalue weighted by molar-refractivity contribution is -0.0401. The van der Waals surface area contributed by atoms with Crippen molar-refractivity contribution >= 4 is 16.7 Å². The topological polar surface area (TPSA) is 51.3 Å². The molecule has 1 N–H and O–H groups in total. The second kappa shape index (κ2) is 3.80. The van der Waals surface area contributed by atoms with Gasteiger partial charge in [-0.3, -0.25) is 14.7 Å². The third-order valence-corrected chi connectivity index (χ3v) is 2.28. The van der Waals surface area contributed by atoms with Gasteiger partial charge in [-0.05, 0) is 13.0 Å². The highest BCUT2D eigenvalue weighted by atomic mass is 19.3. The van der Waals surface area contributed by atoms with Crippen molar-refractivity contribution in [3.05, 3.63) is 23.8 Å². The summed E-state index contributed by atoms with van der Waals surface area (Å²) in [5.41, 5.74) is 0.581. The van der Waals surface area contributed by atoms with Crippen molar-refractivity contribution < 1.29 is 23.7 Å². The summed E-state index contributed by atoms with van der Waals surface area (Å²) in [6.45, 7) is 1.32. The van der Waals surface area contributed by atoms with E-state index in [1.165, 1.54) is 13.0 Å². The van der Waals surface area contributed by atoms with Gasteiger partial charge in [-0.15, -0.1) is 0 Å². The molecule has 16 heavy (non-hydrogen) atoms. The number of ketones is 1. The number of rotatable bonds is 3. The van der Waals surface area contributed by atoms with Crippen molar-refractivity contribution in [3.8, 4) is 11.6 Å². The average Bonchev–Trinajstić information content (AvgIpc) is 2.65. The number of hydrogen-bond acceptors (Lipinski definition) is 3. The second-order valence-electron chi connectivity index (χ2n) is 3.22. The van der Waals surface area contributed by atoms with Crippen molar-refractivity contribution in [2.45, 2.75) is 6.92 Å². The van der Waals surface area contributed by atoms with Crippen LogP contribution in [0.1, 0.15) is 17.3 Å². The summed E-state index contributed by atoms with van der Waals surface area (Å²) in [6, 6.07) is 4.62. The Morgan fingerprint density at radius 2 is 2.06 bits per heavy atom. The molecule has 2 rings (SSSR count). The van der Waals surface area contributed by atoms with Crippen LogP contribution in [0.3, 0.4) is 0 Å². The first-order valence-electron chi connectivity index (χ1n) is 4.41. The van der Waals surface area contributed by atoms with Gasteiger partial charge in [0.1, 0.15) is 0 Å². The number of carbonyl (C=O) groups is 1. The average molecular weight is 227 g/mol. The van der Waals surface area contributed by atoms with E-state index < -0.39 is 11.6 Å². The van der Waals surface area contributed by atoms with E-state index in [2.05, 4.69) is 14.9 Å². The molecule has 84 valence electrons. The Morgan fingerprint density at radius 3 is 2.62 bits per heavy atom. The summed E-state index contributed by atoms with van der Waals surface area (Å²) in [5.74, 6) is -1.26. The number of carbonyl (C=O) groups excluding carboxylic acids is 1. The van der Waals surface area contributed by atoms with E-state index in [0.717, 1.165) is 0 Å². The summed E-state index contributed by atoms with van der Waals surface area (Å²) in [4.78, 5) is 20.7. The van der Waals surface area contributed by atoms with Crippen molar-refractivity contribution in [1.82, 2.24) is 4.98 Å². The first-order chi connectivity index (χ1) is 7.69. The van der Waals surface area contributed by atoms with Gasteiger partial charge in [-0.25, -0.2) is 0 Å². The van der Waals surface area contributed by atoms with E-state index in [-0.39, 0.29) is 16.7 Å². The maximum atomic E-state index is 12.3. The third kappa shape index (κ3) is 1.39. The highest BCUT2D eigenvalue weighted by Gasteiger charge is 2.20. The Bertz CT molecular complexity index is 550. The molecule has 0 radical (unpaired) electrons. The smallest absolute Gasteiger partial charge is 0.289 e. The summed E-state index contributed by atoms with van der Waals surface area (Å²) in [7, 11) is 0. The molecule has 1 heterocycles. The minimum absolute atomic E-state index is 0.158. The normalized spacial score (nSPS) is 10.4. The number of aromatic nitrogens is 1. The number of fused-ring (bicyclic) bond motifs is 1. The van der Waals surface area contributed by atoms with Gasteiger partial charge < -0.3 is 4.98 Å². The minimum Gasteiger partial charge on any atom is -0.319 e. The Balaban J connectivity index is 2.84. The molecule has 0 saturated carbocycles. The Kier molecular flexibility index (Phi) is 2.47. The van der Waals surface area contributed by atoms with Crippen molar-refractivity contribution in [2.24, 2.45) is 0 Å². The molecule has 0 amide bonds. The molecule has 0 bridgehead atoms. The summed E-state index contributed by atoms with van der Waals surface area (Å²) in [5, 5.41) is 0.158. The van der Waals surface area contributed by atoms with Crippen molar-refractivity contribution in [3.63, 3.8) is 0 Å². The zero-order chi connectivity index (χ0) is 11.7. The van der Waals surface area contributed by atoms with E-state index in [1.54, 1.807) is 12.1 Å². The number of H-pyrrole nitrogens is 1. The van der Waals surface area contributed by atoms with Crippen LogP contribution in [0.5, 0.6) is 11.6 Å². The van der Waals surface area contributed by atoms with Crippen LogP contribution < -0.4 is 9.88 Å². The van der Waals surface area contributed by atoms with Crippen LogP contribution in [0.4, 0.5) is 9.05 Å². The number of hydrogen-bond donors (Lipinski definition) is 1. The number of halogens is 2. The highest BCUT2D eigenvalue weighted by Crippen LogP contribution is 2.38. The maximum Gasteiger partial charge on any atom is 0.289 e. The first kappa shape index (κ1) is 10.4. The molecule has 1 aromatic carbocycles. The van der Waals surface area contributed by atoms with E-state index in [1.807, 2.05) is 0 Å². The van der Waals surface area contributed by atoms with Crippen LogP contribution in [0.25, 0.3) is 10.9 Å². The number of aromatic amines is 1. The Morgan fingerprint density at radius 1 is 1.31 bits per heavy atom.